The minimum Gasteiger partial charge on any atom is -0.489 e. The monoisotopic (exact) mass is 317 g/mol. The number of carbonyl (C=O) groups is 1. The van der Waals surface area contributed by atoms with Gasteiger partial charge in [-0.2, -0.15) is 0 Å². The molecule has 0 radical (unpaired) electrons. The van der Waals surface area contributed by atoms with E-state index >= 15 is 0 Å². The van der Waals surface area contributed by atoms with E-state index in [4.69, 9.17) is 15.2 Å². The van der Waals surface area contributed by atoms with Crippen molar-refractivity contribution in [3.05, 3.63) is 65.5 Å². The zero-order valence-electron chi connectivity index (χ0n) is 13.2. The summed E-state index contributed by atoms with van der Waals surface area (Å²) in [6.07, 6.45) is 0. The quantitative estimate of drug-likeness (QED) is 0.832. The van der Waals surface area contributed by atoms with Gasteiger partial charge in [-0.3, -0.25) is 0 Å². The summed E-state index contributed by atoms with van der Waals surface area (Å²) in [5.74, 6) is -0.767. The van der Waals surface area contributed by atoms with Crippen LogP contribution < -0.4 is 10.5 Å². The fraction of sp³-hybridized carbons (Fsp3) is 0.278. The fourth-order valence-corrected chi connectivity index (χ4v) is 2.16. The number of halogens is 1. The van der Waals surface area contributed by atoms with Crippen molar-refractivity contribution in [3.63, 3.8) is 0 Å². The Kier molecular flexibility index (Phi) is 5.34. The van der Waals surface area contributed by atoms with Crippen LogP contribution in [0.5, 0.6) is 5.75 Å². The second kappa shape index (κ2) is 7.24. The summed E-state index contributed by atoms with van der Waals surface area (Å²) in [6, 6.07) is 13.5. The summed E-state index contributed by atoms with van der Waals surface area (Å²) >= 11 is 0. The smallest absolute Gasteiger partial charge is 0.330 e. The Balaban J connectivity index is 2.28. The van der Waals surface area contributed by atoms with Gasteiger partial charge in [-0.25, -0.2) is 9.18 Å². The Morgan fingerprint density at radius 3 is 2.57 bits per heavy atom. The maximum Gasteiger partial charge on any atom is 0.330 e. The van der Waals surface area contributed by atoms with Crippen molar-refractivity contribution in [2.75, 3.05) is 6.61 Å². The molecule has 0 spiro atoms. The number of carbonyl (C=O) groups excluding carboxylic acids is 1. The number of hydrogen-bond acceptors (Lipinski definition) is 4. The van der Waals surface area contributed by atoms with E-state index in [1.54, 1.807) is 6.92 Å². The Hall–Kier alpha value is -2.40. The van der Waals surface area contributed by atoms with E-state index in [1.165, 1.54) is 25.1 Å². The van der Waals surface area contributed by atoms with Gasteiger partial charge in [-0.15, -0.1) is 0 Å². The number of ether oxygens (including phenoxy) is 2. The van der Waals surface area contributed by atoms with Crippen molar-refractivity contribution >= 4 is 5.97 Å². The summed E-state index contributed by atoms with van der Waals surface area (Å²) in [5, 5.41) is 0. The van der Waals surface area contributed by atoms with E-state index in [2.05, 4.69) is 0 Å². The van der Waals surface area contributed by atoms with Gasteiger partial charge in [0.25, 0.3) is 0 Å². The lowest BCUT2D eigenvalue weighted by molar-refractivity contribution is -0.149. The molecule has 0 aliphatic heterocycles. The van der Waals surface area contributed by atoms with Crippen LogP contribution in [0.15, 0.2) is 48.5 Å². The van der Waals surface area contributed by atoms with Crippen molar-refractivity contribution < 1.29 is 18.7 Å². The molecule has 4 nitrogen and oxygen atoms in total. The van der Waals surface area contributed by atoms with Gasteiger partial charge in [-0.05, 0) is 37.6 Å². The van der Waals surface area contributed by atoms with Gasteiger partial charge in [0.1, 0.15) is 23.7 Å². The third-order valence-electron chi connectivity index (χ3n) is 3.44. The molecule has 0 fully saturated rings. The van der Waals surface area contributed by atoms with E-state index in [9.17, 15) is 9.18 Å². The molecule has 0 amide bonds. The van der Waals surface area contributed by atoms with Crippen molar-refractivity contribution in [1.29, 1.82) is 0 Å². The molecule has 0 saturated carbocycles. The first-order valence-electron chi connectivity index (χ1n) is 7.38. The van der Waals surface area contributed by atoms with Gasteiger partial charge < -0.3 is 15.2 Å². The zero-order valence-corrected chi connectivity index (χ0v) is 13.2. The van der Waals surface area contributed by atoms with Crippen LogP contribution in [-0.4, -0.2) is 12.6 Å². The van der Waals surface area contributed by atoms with Crippen LogP contribution >= 0.6 is 0 Å². The lowest BCUT2D eigenvalue weighted by Crippen LogP contribution is -2.43. The first-order valence-corrected chi connectivity index (χ1v) is 7.38. The Morgan fingerprint density at radius 1 is 1.22 bits per heavy atom. The molecular weight excluding hydrogens is 297 g/mol. The predicted molar refractivity (Wildman–Crippen MR) is 85.3 cm³/mol. The number of nitrogens with two attached hydrogens (primary N) is 1. The molecule has 1 unspecified atom stereocenters. The average Bonchev–Trinajstić information content (AvgIpc) is 2.54. The molecule has 2 rings (SSSR count). The molecule has 5 heteroatoms. The highest BCUT2D eigenvalue weighted by atomic mass is 19.1. The van der Waals surface area contributed by atoms with Crippen molar-refractivity contribution in [2.45, 2.75) is 26.0 Å². The van der Waals surface area contributed by atoms with E-state index in [0.29, 0.717) is 12.4 Å². The van der Waals surface area contributed by atoms with Crippen LogP contribution in [0.2, 0.25) is 0 Å². The normalized spacial score (nSPS) is 13.2. The highest BCUT2D eigenvalue weighted by Crippen LogP contribution is 2.30. The minimum atomic E-state index is -1.50. The number of esters is 1. The summed E-state index contributed by atoms with van der Waals surface area (Å²) in [7, 11) is 0. The molecular formula is C18H20FNO3. The molecule has 0 aliphatic carbocycles. The molecule has 0 aliphatic rings. The van der Waals surface area contributed by atoms with Gasteiger partial charge in [0.05, 0.1) is 6.61 Å². The molecule has 122 valence electrons. The van der Waals surface area contributed by atoms with Crippen molar-refractivity contribution in [1.82, 2.24) is 0 Å². The van der Waals surface area contributed by atoms with Crippen molar-refractivity contribution in [2.24, 2.45) is 5.73 Å². The molecule has 2 N–H and O–H groups in total. The van der Waals surface area contributed by atoms with Gasteiger partial charge in [0.2, 0.25) is 0 Å². The number of rotatable bonds is 6. The molecule has 0 bridgehead atoms. The van der Waals surface area contributed by atoms with Gasteiger partial charge in [-0.1, -0.05) is 30.3 Å². The maximum atomic E-state index is 13.6. The van der Waals surface area contributed by atoms with Crippen molar-refractivity contribution in [3.8, 4) is 5.75 Å². The van der Waals surface area contributed by atoms with Gasteiger partial charge in [0, 0.05) is 5.56 Å². The predicted octanol–water partition coefficient (Wildman–Crippen LogP) is 3.14. The summed E-state index contributed by atoms with van der Waals surface area (Å²) in [5.41, 5.74) is 5.80. The molecule has 2 aromatic rings. The highest BCUT2D eigenvalue weighted by molar-refractivity contribution is 5.82. The lowest BCUT2D eigenvalue weighted by atomic mass is 9.92. The van der Waals surface area contributed by atoms with E-state index in [0.717, 1.165) is 5.56 Å². The second-order valence-electron chi connectivity index (χ2n) is 5.34. The average molecular weight is 317 g/mol. The number of hydrogen-bond donors (Lipinski definition) is 1. The molecule has 1 atom stereocenters. The summed E-state index contributed by atoms with van der Waals surface area (Å²) < 4.78 is 24.3. The Bertz CT molecular complexity index is 671. The third-order valence-corrected chi connectivity index (χ3v) is 3.44. The zero-order chi connectivity index (χ0) is 16.9. The van der Waals surface area contributed by atoms with E-state index < -0.39 is 17.3 Å². The van der Waals surface area contributed by atoms with Gasteiger partial charge in [0.15, 0.2) is 0 Å². The van der Waals surface area contributed by atoms with Crippen LogP contribution in [0.3, 0.4) is 0 Å². The summed E-state index contributed by atoms with van der Waals surface area (Å²) in [4.78, 5) is 12.1. The number of benzene rings is 2. The van der Waals surface area contributed by atoms with E-state index in [1.807, 2.05) is 30.3 Å². The molecule has 0 saturated heterocycles. The first kappa shape index (κ1) is 17.0. The van der Waals surface area contributed by atoms with Gasteiger partial charge >= 0.3 is 5.97 Å². The molecule has 0 aromatic heterocycles. The van der Waals surface area contributed by atoms with Crippen LogP contribution in [0.4, 0.5) is 4.39 Å². The fourth-order valence-electron chi connectivity index (χ4n) is 2.16. The molecule has 23 heavy (non-hydrogen) atoms. The van der Waals surface area contributed by atoms with Crippen LogP contribution in [-0.2, 0) is 21.7 Å². The molecule has 0 heterocycles. The largest absolute Gasteiger partial charge is 0.489 e. The topological polar surface area (TPSA) is 61.5 Å². The summed E-state index contributed by atoms with van der Waals surface area (Å²) in [6.45, 7) is 3.65. The van der Waals surface area contributed by atoms with Crippen LogP contribution in [0, 0.1) is 5.82 Å². The molecule has 2 aromatic carbocycles. The second-order valence-corrected chi connectivity index (χ2v) is 5.34. The van der Waals surface area contributed by atoms with Crippen LogP contribution in [0.25, 0.3) is 0 Å². The lowest BCUT2D eigenvalue weighted by Gasteiger charge is -2.25. The Morgan fingerprint density at radius 2 is 1.91 bits per heavy atom. The SMILES string of the molecule is CCOC(=O)C(C)(N)c1cc(F)ccc1OCc1ccccc1. The third kappa shape index (κ3) is 4.07. The first-order chi connectivity index (χ1) is 10.9. The Labute approximate surface area is 135 Å². The van der Waals surface area contributed by atoms with E-state index in [-0.39, 0.29) is 12.2 Å². The minimum absolute atomic E-state index is 0.196. The van der Waals surface area contributed by atoms with Crippen LogP contribution in [0.1, 0.15) is 25.0 Å². The highest BCUT2D eigenvalue weighted by Gasteiger charge is 2.35. The maximum absolute atomic E-state index is 13.6. The standard InChI is InChI=1S/C18H20FNO3/c1-3-22-17(21)18(2,20)15-11-14(19)9-10-16(15)23-12-13-7-5-4-6-8-13/h4-11H,3,12,20H2,1-2H3.